The smallest absolute Gasteiger partial charge is 0.220 e. The number of piperazine rings is 1. The predicted molar refractivity (Wildman–Crippen MR) is 123 cm³/mol. The van der Waals surface area contributed by atoms with Crippen molar-refractivity contribution in [1.82, 2.24) is 19.7 Å². The van der Waals surface area contributed by atoms with Crippen LogP contribution in [0.25, 0.3) is 11.0 Å². The second-order valence-corrected chi connectivity index (χ2v) is 10.4. The van der Waals surface area contributed by atoms with Crippen molar-refractivity contribution >= 4 is 32.6 Å². The third-order valence-electron chi connectivity index (χ3n) is 6.29. The number of rotatable bonds is 5. The second kappa shape index (κ2) is 9.03. The number of benzene rings is 1. The SMILES string of the molecule is O=S(=O)(Cc1noc2ccccc12)N1CCN(c2ccc(N3CCCCCC3)nn2)CC1. The van der Waals surface area contributed by atoms with E-state index in [2.05, 4.69) is 25.2 Å². The third kappa shape index (κ3) is 4.42. The molecule has 3 aromatic rings. The van der Waals surface area contributed by atoms with E-state index < -0.39 is 10.0 Å². The Bertz CT molecular complexity index is 1150. The lowest BCUT2D eigenvalue weighted by atomic mass is 10.2. The quantitative estimate of drug-likeness (QED) is 0.578. The van der Waals surface area contributed by atoms with Crippen molar-refractivity contribution in [2.75, 3.05) is 49.1 Å². The maximum Gasteiger partial charge on any atom is 0.220 e. The van der Waals surface area contributed by atoms with Gasteiger partial charge in [-0.05, 0) is 37.1 Å². The van der Waals surface area contributed by atoms with Crippen LogP contribution >= 0.6 is 0 Å². The molecule has 0 aliphatic carbocycles. The lowest BCUT2D eigenvalue weighted by Crippen LogP contribution is -2.49. The van der Waals surface area contributed by atoms with Gasteiger partial charge in [-0.2, -0.15) is 4.31 Å². The van der Waals surface area contributed by atoms with Crippen LogP contribution in [0.5, 0.6) is 0 Å². The molecule has 0 saturated carbocycles. The van der Waals surface area contributed by atoms with Gasteiger partial charge in [0.05, 0.1) is 0 Å². The van der Waals surface area contributed by atoms with Gasteiger partial charge < -0.3 is 14.3 Å². The van der Waals surface area contributed by atoms with Gasteiger partial charge in [-0.15, -0.1) is 10.2 Å². The van der Waals surface area contributed by atoms with Crippen LogP contribution in [-0.4, -0.2) is 67.3 Å². The van der Waals surface area contributed by atoms with Gasteiger partial charge in [-0.3, -0.25) is 0 Å². The summed E-state index contributed by atoms with van der Waals surface area (Å²) in [4.78, 5) is 4.40. The molecule has 170 valence electrons. The summed E-state index contributed by atoms with van der Waals surface area (Å²) >= 11 is 0. The van der Waals surface area contributed by atoms with E-state index in [4.69, 9.17) is 4.52 Å². The Morgan fingerprint density at radius 2 is 1.41 bits per heavy atom. The van der Waals surface area contributed by atoms with Crippen molar-refractivity contribution in [2.24, 2.45) is 0 Å². The summed E-state index contributed by atoms with van der Waals surface area (Å²) in [6.45, 7) is 4.05. The second-order valence-electron chi connectivity index (χ2n) is 8.42. The number of sulfonamides is 1. The van der Waals surface area contributed by atoms with Gasteiger partial charge in [0.2, 0.25) is 10.0 Å². The normalized spacial score (nSPS) is 18.8. The fraction of sp³-hybridized carbons (Fsp3) is 0.500. The first-order valence-electron chi connectivity index (χ1n) is 11.2. The van der Waals surface area contributed by atoms with Crippen molar-refractivity contribution in [2.45, 2.75) is 31.4 Å². The molecule has 0 amide bonds. The largest absolute Gasteiger partial charge is 0.356 e. The number of anilines is 2. The van der Waals surface area contributed by atoms with Gasteiger partial charge >= 0.3 is 0 Å². The lowest BCUT2D eigenvalue weighted by molar-refractivity contribution is 0.381. The molecule has 0 spiro atoms. The minimum atomic E-state index is -3.49. The molecule has 2 aliphatic heterocycles. The Balaban J connectivity index is 1.21. The van der Waals surface area contributed by atoms with E-state index in [9.17, 15) is 8.42 Å². The molecule has 9 nitrogen and oxygen atoms in total. The van der Waals surface area contributed by atoms with E-state index in [-0.39, 0.29) is 5.75 Å². The highest BCUT2D eigenvalue weighted by Gasteiger charge is 2.29. The summed E-state index contributed by atoms with van der Waals surface area (Å²) in [6, 6.07) is 11.4. The highest BCUT2D eigenvalue weighted by molar-refractivity contribution is 7.88. The highest BCUT2D eigenvalue weighted by atomic mass is 32.2. The molecule has 0 atom stereocenters. The van der Waals surface area contributed by atoms with Crippen molar-refractivity contribution in [3.8, 4) is 0 Å². The number of aromatic nitrogens is 3. The zero-order valence-electron chi connectivity index (χ0n) is 18.1. The Hall–Kier alpha value is -2.72. The molecule has 2 fully saturated rings. The molecule has 32 heavy (non-hydrogen) atoms. The zero-order chi connectivity index (χ0) is 22.0. The Kier molecular flexibility index (Phi) is 5.97. The van der Waals surface area contributed by atoms with Crippen LogP contribution in [0.15, 0.2) is 40.9 Å². The molecule has 10 heteroatoms. The van der Waals surface area contributed by atoms with Gasteiger partial charge in [0.1, 0.15) is 11.4 Å². The highest BCUT2D eigenvalue weighted by Crippen LogP contribution is 2.23. The molecule has 0 unspecified atom stereocenters. The van der Waals surface area contributed by atoms with Gasteiger partial charge in [0.15, 0.2) is 17.2 Å². The van der Waals surface area contributed by atoms with Gasteiger partial charge in [-0.1, -0.05) is 30.1 Å². The maximum atomic E-state index is 13.0. The summed E-state index contributed by atoms with van der Waals surface area (Å²) in [6.07, 6.45) is 4.96. The van der Waals surface area contributed by atoms with Crippen molar-refractivity contribution in [1.29, 1.82) is 0 Å². The standard InChI is InChI=1S/C22H28N6O3S/c29-32(30,17-19-18-7-3-4-8-20(18)31-25-19)28-15-13-27(14-16-28)22-10-9-21(23-24-22)26-11-5-1-2-6-12-26/h3-4,7-10H,1-2,5-6,11-17H2. The number of fused-ring (bicyclic) bond motifs is 1. The molecule has 0 radical (unpaired) electrons. The number of hydrogen-bond acceptors (Lipinski definition) is 8. The van der Waals surface area contributed by atoms with Crippen LogP contribution in [-0.2, 0) is 15.8 Å². The molecule has 4 heterocycles. The van der Waals surface area contributed by atoms with Crippen LogP contribution in [0.2, 0.25) is 0 Å². The molecule has 2 saturated heterocycles. The van der Waals surface area contributed by atoms with E-state index in [0.717, 1.165) is 30.1 Å². The van der Waals surface area contributed by atoms with Crippen LogP contribution in [0.1, 0.15) is 31.4 Å². The lowest BCUT2D eigenvalue weighted by Gasteiger charge is -2.34. The Morgan fingerprint density at radius 3 is 2.06 bits per heavy atom. The minimum Gasteiger partial charge on any atom is -0.356 e. The molecule has 0 N–H and O–H groups in total. The summed E-state index contributed by atoms with van der Waals surface area (Å²) in [5.41, 5.74) is 1.06. The molecule has 0 bridgehead atoms. The summed E-state index contributed by atoms with van der Waals surface area (Å²) in [5, 5.41) is 13.6. The van der Waals surface area contributed by atoms with E-state index in [1.807, 2.05) is 30.3 Å². The van der Waals surface area contributed by atoms with Crippen molar-refractivity contribution < 1.29 is 12.9 Å². The Morgan fingerprint density at radius 1 is 0.781 bits per heavy atom. The molecule has 5 rings (SSSR count). The van der Waals surface area contributed by atoms with Crippen LogP contribution in [0.4, 0.5) is 11.6 Å². The maximum absolute atomic E-state index is 13.0. The topological polar surface area (TPSA) is 95.7 Å². The van der Waals surface area contributed by atoms with Crippen LogP contribution in [0.3, 0.4) is 0 Å². The van der Waals surface area contributed by atoms with E-state index in [0.29, 0.717) is 37.5 Å². The summed E-state index contributed by atoms with van der Waals surface area (Å²) in [5.74, 6) is 1.56. The first-order chi connectivity index (χ1) is 15.6. The van der Waals surface area contributed by atoms with E-state index in [1.54, 1.807) is 6.07 Å². The molecule has 2 aliphatic rings. The van der Waals surface area contributed by atoms with Crippen LogP contribution < -0.4 is 9.80 Å². The van der Waals surface area contributed by atoms with Gasteiger partial charge in [0, 0.05) is 44.7 Å². The zero-order valence-corrected chi connectivity index (χ0v) is 18.9. The van der Waals surface area contributed by atoms with E-state index in [1.165, 1.54) is 30.0 Å². The first kappa shape index (κ1) is 21.1. The van der Waals surface area contributed by atoms with Gasteiger partial charge in [-0.25, -0.2) is 8.42 Å². The fourth-order valence-corrected chi connectivity index (χ4v) is 5.91. The Labute approximate surface area is 188 Å². The average molecular weight is 457 g/mol. The average Bonchev–Trinajstić information content (AvgIpc) is 3.03. The first-order valence-corrected chi connectivity index (χ1v) is 12.9. The third-order valence-corrected chi connectivity index (χ3v) is 8.08. The summed E-state index contributed by atoms with van der Waals surface area (Å²) in [7, 11) is -3.49. The molecular weight excluding hydrogens is 428 g/mol. The fourth-order valence-electron chi connectivity index (χ4n) is 4.46. The number of hydrogen-bond donors (Lipinski definition) is 0. The molecular formula is C22H28N6O3S. The molecule has 1 aromatic carbocycles. The predicted octanol–water partition coefficient (Wildman–Crippen LogP) is 2.65. The molecule has 2 aromatic heterocycles. The summed E-state index contributed by atoms with van der Waals surface area (Å²) < 4.78 is 32.8. The van der Waals surface area contributed by atoms with Crippen molar-refractivity contribution in [3.63, 3.8) is 0 Å². The number of nitrogens with zero attached hydrogens (tertiary/aromatic N) is 6. The van der Waals surface area contributed by atoms with Crippen LogP contribution in [0, 0.1) is 0 Å². The van der Waals surface area contributed by atoms with Crippen molar-refractivity contribution in [3.05, 3.63) is 42.1 Å². The minimum absolute atomic E-state index is 0.158. The van der Waals surface area contributed by atoms with E-state index >= 15 is 0 Å². The van der Waals surface area contributed by atoms with Gasteiger partial charge in [0.25, 0.3) is 0 Å². The number of para-hydroxylation sites is 1. The monoisotopic (exact) mass is 456 g/mol.